The fourth-order valence-corrected chi connectivity index (χ4v) is 2.58. The molecule has 0 atom stereocenters. The van der Waals surface area contributed by atoms with E-state index in [2.05, 4.69) is 5.32 Å². The Bertz CT molecular complexity index is 707. The highest BCUT2D eigenvalue weighted by Crippen LogP contribution is 2.33. The number of nitrogens with one attached hydrogen (secondary N) is 1. The summed E-state index contributed by atoms with van der Waals surface area (Å²) in [6.07, 6.45) is 0. The van der Waals surface area contributed by atoms with Gasteiger partial charge in [0.2, 0.25) is 0 Å². The summed E-state index contributed by atoms with van der Waals surface area (Å²) < 4.78 is 0. The maximum absolute atomic E-state index is 11.0. The topological polar surface area (TPSA) is 55.2 Å². The Morgan fingerprint density at radius 1 is 1.00 bits per heavy atom. The fourth-order valence-electron chi connectivity index (χ4n) is 1.73. The molecular weight excluding hydrogens is 358 g/mol. The van der Waals surface area contributed by atoms with Crippen LogP contribution in [0.5, 0.6) is 0 Å². The minimum Gasteiger partial charge on any atom is -0.379 e. The second-order valence-corrected chi connectivity index (χ2v) is 5.72. The summed E-state index contributed by atoms with van der Waals surface area (Å²) in [6, 6.07) is 7.54. The Balaban J connectivity index is 2.29. The predicted molar refractivity (Wildman–Crippen MR) is 86.9 cm³/mol. The molecule has 0 saturated heterocycles. The van der Waals surface area contributed by atoms with Gasteiger partial charge in [-0.15, -0.1) is 0 Å². The summed E-state index contributed by atoms with van der Waals surface area (Å²) in [5, 5.41) is 15.3. The molecule has 110 valence electrons. The summed E-state index contributed by atoms with van der Waals surface area (Å²) in [5.41, 5.74) is 0.817. The third-order valence-electron chi connectivity index (χ3n) is 2.76. The third kappa shape index (κ3) is 3.71. The summed E-state index contributed by atoms with van der Waals surface area (Å²) >= 11 is 23.8. The van der Waals surface area contributed by atoms with Crippen LogP contribution in [0, 0.1) is 10.1 Å². The quantitative estimate of drug-likeness (QED) is 0.421. The first-order valence-electron chi connectivity index (χ1n) is 5.70. The number of rotatable bonds is 4. The first-order chi connectivity index (χ1) is 9.90. The smallest absolute Gasteiger partial charge is 0.275 e. The Kier molecular flexibility index (Phi) is 5.17. The number of nitrogens with zero attached hydrogens (tertiary/aromatic N) is 1. The van der Waals surface area contributed by atoms with Crippen molar-refractivity contribution in [3.63, 3.8) is 0 Å². The fraction of sp³-hybridized carbons (Fsp3) is 0.0769. The molecule has 8 heteroatoms. The lowest BCUT2D eigenvalue weighted by Gasteiger charge is -2.11. The largest absolute Gasteiger partial charge is 0.379 e. The van der Waals surface area contributed by atoms with E-state index in [1.54, 1.807) is 12.1 Å². The molecule has 2 rings (SSSR count). The van der Waals surface area contributed by atoms with Crippen molar-refractivity contribution in [3.05, 3.63) is 66.1 Å². The van der Waals surface area contributed by atoms with Gasteiger partial charge < -0.3 is 5.32 Å². The van der Waals surface area contributed by atoms with Gasteiger partial charge in [0.1, 0.15) is 0 Å². The van der Waals surface area contributed by atoms with E-state index in [1.165, 1.54) is 18.2 Å². The summed E-state index contributed by atoms with van der Waals surface area (Å²) in [7, 11) is 0. The normalized spacial score (nSPS) is 10.5. The zero-order chi connectivity index (χ0) is 15.6. The molecule has 0 spiro atoms. The van der Waals surface area contributed by atoms with E-state index in [4.69, 9.17) is 46.4 Å². The molecule has 21 heavy (non-hydrogen) atoms. The number of anilines is 1. The van der Waals surface area contributed by atoms with E-state index in [-0.39, 0.29) is 12.2 Å². The van der Waals surface area contributed by atoms with E-state index < -0.39 is 4.92 Å². The van der Waals surface area contributed by atoms with Crippen LogP contribution in [-0.4, -0.2) is 4.92 Å². The Labute approximate surface area is 140 Å². The molecule has 0 saturated carbocycles. The van der Waals surface area contributed by atoms with Crippen LogP contribution in [0.2, 0.25) is 20.1 Å². The first-order valence-corrected chi connectivity index (χ1v) is 7.21. The lowest BCUT2D eigenvalue weighted by molar-refractivity contribution is -0.385. The molecule has 1 N–H and O–H groups in total. The van der Waals surface area contributed by atoms with Crippen molar-refractivity contribution in [2.45, 2.75) is 6.54 Å². The number of hydrogen-bond donors (Lipinski definition) is 1. The molecule has 2 aromatic rings. The first kappa shape index (κ1) is 16.2. The maximum Gasteiger partial charge on any atom is 0.275 e. The molecule has 0 aliphatic carbocycles. The highest BCUT2D eigenvalue weighted by Gasteiger charge is 2.16. The minimum atomic E-state index is -0.487. The van der Waals surface area contributed by atoms with Gasteiger partial charge in [0, 0.05) is 12.6 Å². The van der Waals surface area contributed by atoms with Gasteiger partial charge in [-0.3, -0.25) is 10.1 Å². The summed E-state index contributed by atoms with van der Waals surface area (Å²) in [4.78, 5) is 10.5. The predicted octanol–water partition coefficient (Wildman–Crippen LogP) is 5.82. The molecule has 0 fully saturated rings. The lowest BCUT2D eigenvalue weighted by atomic mass is 10.1. The van der Waals surface area contributed by atoms with Gasteiger partial charge in [-0.2, -0.15) is 0 Å². The van der Waals surface area contributed by atoms with Crippen LogP contribution in [0.1, 0.15) is 5.56 Å². The highest BCUT2D eigenvalue weighted by atomic mass is 35.5. The third-order valence-corrected chi connectivity index (χ3v) is 4.15. The van der Waals surface area contributed by atoms with Crippen LogP contribution in [0.3, 0.4) is 0 Å². The van der Waals surface area contributed by atoms with Crippen molar-refractivity contribution < 1.29 is 4.92 Å². The van der Waals surface area contributed by atoms with Gasteiger partial charge in [0.25, 0.3) is 5.69 Å². The van der Waals surface area contributed by atoms with E-state index in [1.807, 2.05) is 0 Å². The van der Waals surface area contributed by atoms with Gasteiger partial charge in [-0.1, -0.05) is 52.5 Å². The molecule has 0 aliphatic rings. The average Bonchev–Trinajstić information content (AvgIpc) is 2.42. The SMILES string of the molecule is O=[N+]([O-])c1cccc(Cl)c1CNc1cc(Cl)c(Cl)cc1Cl. The monoisotopic (exact) mass is 364 g/mol. The van der Waals surface area contributed by atoms with Gasteiger partial charge in [0.15, 0.2) is 0 Å². The van der Waals surface area contributed by atoms with Crippen molar-refractivity contribution in [1.29, 1.82) is 0 Å². The van der Waals surface area contributed by atoms with Gasteiger partial charge >= 0.3 is 0 Å². The van der Waals surface area contributed by atoms with Crippen molar-refractivity contribution >= 4 is 57.8 Å². The van der Waals surface area contributed by atoms with E-state index >= 15 is 0 Å². The molecule has 4 nitrogen and oxygen atoms in total. The Hall–Kier alpha value is -1.20. The van der Waals surface area contributed by atoms with Gasteiger partial charge in [0.05, 0.1) is 36.3 Å². The number of benzene rings is 2. The van der Waals surface area contributed by atoms with Crippen molar-refractivity contribution in [3.8, 4) is 0 Å². The average molecular weight is 366 g/mol. The van der Waals surface area contributed by atoms with Crippen molar-refractivity contribution in [2.75, 3.05) is 5.32 Å². The molecule has 0 amide bonds. The number of hydrogen-bond acceptors (Lipinski definition) is 3. The van der Waals surface area contributed by atoms with Crippen molar-refractivity contribution in [1.82, 2.24) is 0 Å². The molecular formula is C13H8Cl4N2O2. The van der Waals surface area contributed by atoms with Gasteiger partial charge in [-0.05, 0) is 18.2 Å². The van der Waals surface area contributed by atoms with Crippen LogP contribution in [0.15, 0.2) is 30.3 Å². The minimum absolute atomic E-state index is 0.0637. The molecule has 0 heterocycles. The molecule has 0 aliphatic heterocycles. The summed E-state index contributed by atoms with van der Waals surface area (Å²) in [5.74, 6) is 0. The zero-order valence-electron chi connectivity index (χ0n) is 10.4. The van der Waals surface area contributed by atoms with Crippen LogP contribution in [0.4, 0.5) is 11.4 Å². The highest BCUT2D eigenvalue weighted by molar-refractivity contribution is 6.44. The van der Waals surface area contributed by atoms with E-state index in [9.17, 15) is 10.1 Å². The molecule has 0 radical (unpaired) electrons. The molecule has 0 unspecified atom stereocenters. The maximum atomic E-state index is 11.0. The zero-order valence-corrected chi connectivity index (χ0v) is 13.4. The van der Waals surface area contributed by atoms with Crippen LogP contribution < -0.4 is 5.32 Å². The number of nitro groups is 1. The van der Waals surface area contributed by atoms with E-state index in [0.29, 0.717) is 31.3 Å². The molecule has 0 bridgehead atoms. The lowest BCUT2D eigenvalue weighted by Crippen LogP contribution is -2.04. The van der Waals surface area contributed by atoms with Crippen LogP contribution in [-0.2, 0) is 6.54 Å². The van der Waals surface area contributed by atoms with Gasteiger partial charge in [-0.25, -0.2) is 0 Å². The second-order valence-electron chi connectivity index (χ2n) is 4.09. The molecule has 0 aromatic heterocycles. The second kappa shape index (κ2) is 6.71. The molecule has 2 aromatic carbocycles. The van der Waals surface area contributed by atoms with Crippen LogP contribution >= 0.6 is 46.4 Å². The standard InChI is InChI=1S/C13H8Cl4N2O2/c14-8-2-1-3-13(19(20)21)7(8)6-18-12-5-10(16)9(15)4-11(12)17/h1-5,18H,6H2. The van der Waals surface area contributed by atoms with Crippen LogP contribution in [0.25, 0.3) is 0 Å². The number of nitro benzene ring substituents is 1. The van der Waals surface area contributed by atoms with Crippen molar-refractivity contribution in [2.24, 2.45) is 0 Å². The Morgan fingerprint density at radius 3 is 2.33 bits per heavy atom. The van der Waals surface area contributed by atoms with E-state index in [0.717, 1.165) is 0 Å². The Morgan fingerprint density at radius 2 is 1.67 bits per heavy atom. The summed E-state index contributed by atoms with van der Waals surface area (Å²) in [6.45, 7) is 0.133. The number of halogens is 4.